The van der Waals surface area contributed by atoms with Crippen molar-refractivity contribution in [1.29, 1.82) is 0 Å². The van der Waals surface area contributed by atoms with Gasteiger partial charge in [-0.2, -0.15) is 4.31 Å². The fraction of sp³-hybridized carbons (Fsp3) is 0.478. The lowest BCUT2D eigenvalue weighted by atomic mass is 9.97. The number of rotatable bonds is 8. The van der Waals surface area contributed by atoms with E-state index < -0.39 is 10.0 Å². The summed E-state index contributed by atoms with van der Waals surface area (Å²) in [6, 6.07) is 7.55. The number of nitrogens with zero attached hydrogens (tertiary/aromatic N) is 2. The first-order valence-corrected chi connectivity index (χ1v) is 12.3. The second kappa shape index (κ2) is 10.3. The lowest BCUT2D eigenvalue weighted by Crippen LogP contribution is -2.44. The zero-order valence-electron chi connectivity index (χ0n) is 19.0. The Labute approximate surface area is 189 Å². The molecule has 2 aromatic rings. The van der Waals surface area contributed by atoms with Crippen molar-refractivity contribution in [3.05, 3.63) is 41.3 Å². The molecule has 0 bridgehead atoms. The zero-order chi connectivity index (χ0) is 23.3. The Morgan fingerprint density at radius 2 is 1.97 bits per heavy atom. The molecule has 1 aliphatic heterocycles. The zero-order valence-corrected chi connectivity index (χ0v) is 19.8. The van der Waals surface area contributed by atoms with Crippen molar-refractivity contribution in [1.82, 2.24) is 14.8 Å². The van der Waals surface area contributed by atoms with Crippen molar-refractivity contribution < 1.29 is 22.5 Å². The fourth-order valence-electron chi connectivity index (χ4n) is 3.76. The lowest BCUT2D eigenvalue weighted by molar-refractivity contribution is -0.126. The lowest BCUT2D eigenvalue weighted by Gasteiger charge is -2.30. The molecule has 2 heterocycles. The van der Waals surface area contributed by atoms with Gasteiger partial charge in [-0.05, 0) is 58.8 Å². The van der Waals surface area contributed by atoms with Crippen molar-refractivity contribution in [2.75, 3.05) is 19.7 Å². The molecule has 1 aromatic heterocycles. The average molecular weight is 462 g/mol. The highest BCUT2D eigenvalue weighted by Gasteiger charge is 2.36. The van der Waals surface area contributed by atoms with E-state index in [1.807, 2.05) is 45.0 Å². The smallest absolute Gasteiger partial charge is 0.248 e. The summed E-state index contributed by atoms with van der Waals surface area (Å²) in [5, 5.41) is 6.80. The number of benzene rings is 1. The summed E-state index contributed by atoms with van der Waals surface area (Å²) in [4.78, 5) is 12.3. The van der Waals surface area contributed by atoms with Gasteiger partial charge < -0.3 is 14.6 Å². The predicted molar refractivity (Wildman–Crippen MR) is 123 cm³/mol. The van der Waals surface area contributed by atoms with Crippen LogP contribution in [-0.4, -0.2) is 49.5 Å². The first kappa shape index (κ1) is 24.0. The molecule has 8 nitrogen and oxygen atoms in total. The normalized spacial score (nSPS) is 16.0. The number of hydrogen-bond acceptors (Lipinski definition) is 6. The van der Waals surface area contributed by atoms with Gasteiger partial charge in [-0.15, -0.1) is 0 Å². The molecular formula is C23H31N3O5S. The number of aryl methyl sites for hydroxylation is 1. The number of carbonyl (C=O) groups excluding carboxylic acids is 1. The molecule has 1 amide bonds. The summed E-state index contributed by atoms with van der Waals surface area (Å²) in [5.74, 6) is 0.679. The Hall–Kier alpha value is -2.65. The van der Waals surface area contributed by atoms with Crippen molar-refractivity contribution >= 4 is 28.1 Å². The number of para-hydroxylation sites is 1. The van der Waals surface area contributed by atoms with E-state index in [-0.39, 0.29) is 41.6 Å². The Balaban J connectivity index is 1.79. The van der Waals surface area contributed by atoms with E-state index in [0.717, 1.165) is 5.56 Å². The molecule has 1 aliphatic rings. The van der Waals surface area contributed by atoms with Crippen LogP contribution in [0.5, 0.6) is 5.75 Å². The van der Waals surface area contributed by atoms with Crippen LogP contribution < -0.4 is 10.1 Å². The standard InChI is InChI=1S/C23H31N3O5S/c1-5-30-20-9-7-6-8-18(20)10-11-21-22(17(4)25-31-21)32(28,29)26-14-12-19(13-15-26)23(27)24-16(2)3/h6-11,16,19H,5,12-15H2,1-4H3,(H,24,27)/b11-10+. The van der Waals surface area contributed by atoms with Gasteiger partial charge >= 0.3 is 0 Å². The van der Waals surface area contributed by atoms with Gasteiger partial charge in [-0.25, -0.2) is 8.42 Å². The third kappa shape index (κ3) is 5.39. The maximum absolute atomic E-state index is 13.4. The van der Waals surface area contributed by atoms with Gasteiger partial charge in [-0.1, -0.05) is 23.4 Å². The minimum Gasteiger partial charge on any atom is -0.493 e. The molecule has 0 atom stereocenters. The van der Waals surface area contributed by atoms with Crippen molar-refractivity contribution in [3.63, 3.8) is 0 Å². The van der Waals surface area contributed by atoms with Crippen molar-refractivity contribution in [2.24, 2.45) is 5.92 Å². The van der Waals surface area contributed by atoms with E-state index in [1.165, 1.54) is 4.31 Å². The van der Waals surface area contributed by atoms with Crippen LogP contribution in [-0.2, 0) is 14.8 Å². The Morgan fingerprint density at radius 3 is 2.62 bits per heavy atom. The second-order valence-corrected chi connectivity index (χ2v) is 9.98. The summed E-state index contributed by atoms with van der Waals surface area (Å²) in [6.45, 7) is 8.42. The number of sulfonamides is 1. The number of piperidine rings is 1. The number of amides is 1. The third-order valence-electron chi connectivity index (χ3n) is 5.32. The molecule has 1 fully saturated rings. The summed E-state index contributed by atoms with van der Waals surface area (Å²) < 4.78 is 39.2. The van der Waals surface area contributed by atoms with Gasteiger partial charge in [-0.3, -0.25) is 4.79 Å². The molecule has 9 heteroatoms. The first-order chi connectivity index (χ1) is 15.2. The van der Waals surface area contributed by atoms with Crippen LogP contribution in [0.1, 0.15) is 50.6 Å². The third-order valence-corrected chi connectivity index (χ3v) is 7.38. The quantitative estimate of drug-likeness (QED) is 0.646. The van der Waals surface area contributed by atoms with E-state index >= 15 is 0 Å². The van der Waals surface area contributed by atoms with E-state index in [2.05, 4.69) is 10.5 Å². The van der Waals surface area contributed by atoms with Crippen molar-refractivity contribution in [3.8, 4) is 5.75 Å². The minimum absolute atomic E-state index is 0.0187. The van der Waals surface area contributed by atoms with E-state index in [9.17, 15) is 13.2 Å². The van der Waals surface area contributed by atoms with Gasteiger partial charge in [0, 0.05) is 30.6 Å². The SMILES string of the molecule is CCOc1ccccc1/C=C/c1onc(C)c1S(=O)(=O)N1CCC(C(=O)NC(C)C)CC1. The van der Waals surface area contributed by atoms with Crippen LogP contribution in [0.25, 0.3) is 12.2 Å². The van der Waals surface area contributed by atoms with Gasteiger partial charge in [0.1, 0.15) is 11.4 Å². The Kier molecular flexibility index (Phi) is 7.73. The fourth-order valence-corrected chi connectivity index (χ4v) is 5.48. The maximum atomic E-state index is 13.4. The summed E-state index contributed by atoms with van der Waals surface area (Å²) in [5.41, 5.74) is 1.12. The highest BCUT2D eigenvalue weighted by atomic mass is 32.2. The molecular weight excluding hydrogens is 430 g/mol. The predicted octanol–water partition coefficient (Wildman–Crippen LogP) is 3.48. The molecule has 0 aliphatic carbocycles. The molecule has 3 rings (SSSR count). The van der Waals surface area contributed by atoms with E-state index in [0.29, 0.717) is 30.9 Å². The van der Waals surface area contributed by atoms with Crippen LogP contribution in [0.3, 0.4) is 0 Å². The number of ether oxygens (including phenoxy) is 1. The van der Waals surface area contributed by atoms with Crippen LogP contribution in [0, 0.1) is 12.8 Å². The highest BCUT2D eigenvalue weighted by Crippen LogP contribution is 2.30. The summed E-state index contributed by atoms with van der Waals surface area (Å²) in [6.07, 6.45) is 4.32. The summed E-state index contributed by atoms with van der Waals surface area (Å²) >= 11 is 0. The van der Waals surface area contributed by atoms with Crippen LogP contribution in [0.2, 0.25) is 0 Å². The highest BCUT2D eigenvalue weighted by molar-refractivity contribution is 7.89. The monoisotopic (exact) mass is 461 g/mol. The van der Waals surface area contributed by atoms with Crippen LogP contribution in [0.4, 0.5) is 0 Å². The Morgan fingerprint density at radius 1 is 1.28 bits per heavy atom. The second-order valence-electron chi connectivity index (χ2n) is 8.11. The van der Waals surface area contributed by atoms with Crippen LogP contribution in [0.15, 0.2) is 33.7 Å². The first-order valence-electron chi connectivity index (χ1n) is 10.9. The van der Waals surface area contributed by atoms with E-state index in [4.69, 9.17) is 9.26 Å². The van der Waals surface area contributed by atoms with Gasteiger partial charge in [0.2, 0.25) is 15.9 Å². The molecule has 0 radical (unpaired) electrons. The summed E-state index contributed by atoms with van der Waals surface area (Å²) in [7, 11) is -3.81. The molecule has 1 N–H and O–H groups in total. The number of hydrogen-bond donors (Lipinski definition) is 1. The number of nitrogens with one attached hydrogen (secondary N) is 1. The maximum Gasteiger partial charge on any atom is 0.248 e. The largest absolute Gasteiger partial charge is 0.493 e. The van der Waals surface area contributed by atoms with Gasteiger partial charge in [0.15, 0.2) is 10.7 Å². The van der Waals surface area contributed by atoms with Gasteiger partial charge in [0.05, 0.1) is 6.61 Å². The Bertz CT molecular complexity index is 1070. The van der Waals surface area contributed by atoms with Gasteiger partial charge in [0.25, 0.3) is 0 Å². The molecule has 0 unspecified atom stereocenters. The molecule has 1 aromatic carbocycles. The van der Waals surface area contributed by atoms with Crippen molar-refractivity contribution in [2.45, 2.75) is 51.5 Å². The van der Waals surface area contributed by atoms with Crippen LogP contribution >= 0.6 is 0 Å². The van der Waals surface area contributed by atoms with E-state index in [1.54, 1.807) is 19.1 Å². The number of carbonyl (C=O) groups is 1. The molecule has 32 heavy (non-hydrogen) atoms. The molecule has 0 saturated carbocycles. The average Bonchev–Trinajstić information content (AvgIpc) is 3.14. The molecule has 1 saturated heterocycles. The topological polar surface area (TPSA) is 102 Å². The number of aromatic nitrogens is 1. The molecule has 0 spiro atoms. The molecule has 174 valence electrons. The minimum atomic E-state index is -3.81.